The second-order valence-electron chi connectivity index (χ2n) is 8.17. The van der Waals surface area contributed by atoms with Crippen molar-refractivity contribution in [2.24, 2.45) is 5.10 Å². The van der Waals surface area contributed by atoms with E-state index < -0.39 is 0 Å². The van der Waals surface area contributed by atoms with E-state index in [4.69, 9.17) is 21.1 Å². The van der Waals surface area contributed by atoms with Gasteiger partial charge in [0.05, 0.1) is 26.0 Å². The Morgan fingerprint density at radius 2 is 1.51 bits per heavy atom. The molecule has 0 aliphatic carbocycles. The predicted octanol–water partition coefficient (Wildman–Crippen LogP) is 4.81. The molecule has 0 bridgehead atoms. The number of hydrogen-bond acceptors (Lipinski definition) is 5. The van der Waals surface area contributed by atoms with E-state index in [0.29, 0.717) is 22.8 Å². The van der Waals surface area contributed by atoms with Gasteiger partial charge in [0.25, 0.3) is 11.8 Å². The minimum atomic E-state index is -0.304. The summed E-state index contributed by atoms with van der Waals surface area (Å²) in [7, 11) is 4.78. The molecule has 0 saturated heterocycles. The highest BCUT2D eigenvalue weighted by Crippen LogP contribution is 2.34. The second kappa shape index (κ2) is 10.6. The number of rotatable bonds is 7. The average Bonchev–Trinajstić information content (AvgIpc) is 3.34. The Kier molecular flexibility index (Phi) is 7.36. The molecule has 35 heavy (non-hydrogen) atoms. The topological polar surface area (TPSA) is 71.4 Å². The first-order chi connectivity index (χ1) is 16.9. The molecule has 4 rings (SSSR count). The Hall–Kier alpha value is -3.84. The van der Waals surface area contributed by atoms with Crippen molar-refractivity contribution >= 4 is 29.1 Å². The van der Waals surface area contributed by atoms with Gasteiger partial charge < -0.3 is 14.4 Å². The number of halogens is 1. The Balaban J connectivity index is 1.56. The van der Waals surface area contributed by atoms with Crippen molar-refractivity contribution in [2.75, 3.05) is 27.8 Å². The fraction of sp³-hybridized carbons (Fsp3) is 0.222. The number of ether oxygens (including phenoxy) is 2. The van der Waals surface area contributed by atoms with Gasteiger partial charge in [-0.05, 0) is 71.8 Å². The largest absolute Gasteiger partial charge is 0.497 e. The summed E-state index contributed by atoms with van der Waals surface area (Å²) in [5, 5.41) is 6.76. The van der Waals surface area contributed by atoms with Gasteiger partial charge >= 0.3 is 0 Å². The fourth-order valence-electron chi connectivity index (χ4n) is 3.94. The number of methoxy groups -OCH3 is 2. The number of nitrogens with zero attached hydrogens (tertiary/aromatic N) is 3. The number of hydrogen-bond donors (Lipinski definition) is 0. The lowest BCUT2D eigenvalue weighted by molar-refractivity contribution is -0.133. The van der Waals surface area contributed by atoms with Gasteiger partial charge in [0.2, 0.25) is 0 Å². The van der Waals surface area contributed by atoms with Crippen LogP contribution in [0.3, 0.4) is 0 Å². The first-order valence-electron chi connectivity index (χ1n) is 11.1. The molecule has 1 aliphatic heterocycles. The maximum absolute atomic E-state index is 13.4. The minimum Gasteiger partial charge on any atom is -0.497 e. The van der Waals surface area contributed by atoms with E-state index in [-0.39, 0.29) is 24.4 Å². The molecule has 0 spiro atoms. The van der Waals surface area contributed by atoms with Crippen molar-refractivity contribution in [2.45, 2.75) is 12.5 Å². The Labute approximate surface area is 209 Å². The highest BCUT2D eigenvalue weighted by molar-refractivity contribution is 6.30. The molecule has 0 saturated carbocycles. The summed E-state index contributed by atoms with van der Waals surface area (Å²) in [5.41, 5.74) is 3.08. The van der Waals surface area contributed by atoms with Crippen LogP contribution in [0.25, 0.3) is 0 Å². The first-order valence-corrected chi connectivity index (χ1v) is 11.5. The van der Waals surface area contributed by atoms with Gasteiger partial charge in [0, 0.05) is 24.1 Å². The summed E-state index contributed by atoms with van der Waals surface area (Å²) in [4.78, 5) is 27.7. The van der Waals surface area contributed by atoms with Crippen LogP contribution < -0.4 is 9.47 Å². The van der Waals surface area contributed by atoms with Gasteiger partial charge in [-0.1, -0.05) is 23.7 Å². The molecule has 0 radical (unpaired) electrons. The number of hydrazone groups is 1. The van der Waals surface area contributed by atoms with Gasteiger partial charge in [0.1, 0.15) is 18.0 Å². The monoisotopic (exact) mass is 491 g/mol. The molecule has 1 atom stereocenters. The SMILES string of the molecule is COc1ccc(C(=O)N(C)CC(=O)N2N=C(c3ccc(OC)cc3)CC2c2ccc(Cl)cc2)cc1. The van der Waals surface area contributed by atoms with E-state index in [2.05, 4.69) is 5.10 Å². The predicted molar refractivity (Wildman–Crippen MR) is 135 cm³/mol. The summed E-state index contributed by atoms with van der Waals surface area (Å²) in [5.74, 6) is 0.858. The normalized spacial score (nSPS) is 14.9. The van der Waals surface area contributed by atoms with Crippen LogP contribution in [0.1, 0.15) is 33.9 Å². The van der Waals surface area contributed by atoms with Crippen molar-refractivity contribution in [1.29, 1.82) is 0 Å². The quantitative estimate of drug-likeness (QED) is 0.475. The standard InChI is InChI=1S/C27H26ClN3O4/c1-30(27(33)20-8-14-23(35-3)15-9-20)17-26(32)31-25(19-4-10-21(28)11-5-19)16-24(29-31)18-6-12-22(34-2)13-7-18/h4-15,25H,16-17H2,1-3H3. The van der Waals surface area contributed by atoms with Gasteiger partial charge in [-0.25, -0.2) is 5.01 Å². The molecule has 3 aromatic carbocycles. The molecule has 1 heterocycles. The molecule has 0 N–H and O–H groups in total. The van der Waals surface area contributed by atoms with Gasteiger partial charge in [-0.15, -0.1) is 0 Å². The van der Waals surface area contributed by atoms with E-state index in [1.807, 2.05) is 36.4 Å². The molecule has 0 aromatic heterocycles. The van der Waals surface area contributed by atoms with E-state index in [1.165, 1.54) is 9.91 Å². The Bertz CT molecular complexity index is 1220. The van der Waals surface area contributed by atoms with E-state index >= 15 is 0 Å². The fourth-order valence-corrected chi connectivity index (χ4v) is 4.07. The number of benzene rings is 3. The van der Waals surface area contributed by atoms with Crippen LogP contribution in [0, 0.1) is 0 Å². The van der Waals surface area contributed by atoms with Crippen molar-refractivity contribution in [3.63, 3.8) is 0 Å². The molecule has 3 aromatic rings. The third-order valence-electron chi connectivity index (χ3n) is 5.90. The summed E-state index contributed by atoms with van der Waals surface area (Å²) in [6.45, 7) is -0.117. The van der Waals surface area contributed by atoms with Crippen LogP contribution >= 0.6 is 11.6 Å². The van der Waals surface area contributed by atoms with Gasteiger partial charge in [-0.2, -0.15) is 5.10 Å². The number of amides is 2. The molecule has 1 unspecified atom stereocenters. The van der Waals surface area contributed by atoms with Crippen LogP contribution in [-0.4, -0.2) is 55.2 Å². The average molecular weight is 492 g/mol. The highest BCUT2D eigenvalue weighted by Gasteiger charge is 2.34. The maximum atomic E-state index is 13.4. The zero-order valence-corrected chi connectivity index (χ0v) is 20.5. The van der Waals surface area contributed by atoms with Crippen LogP contribution in [0.2, 0.25) is 5.02 Å². The number of carbonyl (C=O) groups excluding carboxylic acids is 2. The lowest BCUT2D eigenvalue weighted by Crippen LogP contribution is -2.39. The summed E-state index contributed by atoms with van der Waals surface area (Å²) < 4.78 is 10.4. The first kappa shape index (κ1) is 24.3. The van der Waals surface area contributed by atoms with Crippen LogP contribution in [0.15, 0.2) is 77.9 Å². The molecule has 1 aliphatic rings. The molecule has 7 nitrogen and oxygen atoms in total. The van der Waals surface area contributed by atoms with Crippen molar-refractivity contribution in [3.05, 3.63) is 94.5 Å². The molecule has 0 fully saturated rings. The third-order valence-corrected chi connectivity index (χ3v) is 6.15. The molecule has 8 heteroatoms. The highest BCUT2D eigenvalue weighted by atomic mass is 35.5. The van der Waals surface area contributed by atoms with Crippen LogP contribution in [-0.2, 0) is 4.79 Å². The second-order valence-corrected chi connectivity index (χ2v) is 8.61. The third kappa shape index (κ3) is 5.46. The summed E-state index contributed by atoms with van der Waals surface area (Å²) in [6, 6.07) is 21.4. The van der Waals surface area contributed by atoms with E-state index in [0.717, 1.165) is 22.6 Å². The molecular weight excluding hydrogens is 466 g/mol. The van der Waals surface area contributed by atoms with Gasteiger partial charge in [-0.3, -0.25) is 9.59 Å². The smallest absolute Gasteiger partial charge is 0.262 e. The zero-order valence-electron chi connectivity index (χ0n) is 19.8. The zero-order chi connectivity index (χ0) is 24.9. The van der Waals surface area contributed by atoms with Crippen molar-refractivity contribution < 1.29 is 19.1 Å². The Morgan fingerprint density at radius 1 is 0.943 bits per heavy atom. The molecule has 180 valence electrons. The van der Waals surface area contributed by atoms with Crippen LogP contribution in [0.5, 0.6) is 11.5 Å². The summed E-state index contributed by atoms with van der Waals surface area (Å²) in [6.07, 6.45) is 0.538. The maximum Gasteiger partial charge on any atom is 0.262 e. The number of carbonyl (C=O) groups is 2. The van der Waals surface area contributed by atoms with Crippen molar-refractivity contribution in [1.82, 2.24) is 9.91 Å². The van der Waals surface area contributed by atoms with Gasteiger partial charge in [0.15, 0.2) is 0 Å². The number of likely N-dealkylation sites (N-methyl/N-ethyl adjacent to an activating group) is 1. The summed E-state index contributed by atoms with van der Waals surface area (Å²) >= 11 is 6.08. The minimum absolute atomic E-state index is 0.117. The van der Waals surface area contributed by atoms with Crippen LogP contribution in [0.4, 0.5) is 0 Å². The Morgan fingerprint density at radius 3 is 2.09 bits per heavy atom. The van der Waals surface area contributed by atoms with E-state index in [9.17, 15) is 9.59 Å². The lowest BCUT2D eigenvalue weighted by Gasteiger charge is -2.25. The van der Waals surface area contributed by atoms with E-state index in [1.54, 1.807) is 57.7 Å². The van der Waals surface area contributed by atoms with Crippen molar-refractivity contribution in [3.8, 4) is 11.5 Å². The lowest BCUT2D eigenvalue weighted by atomic mass is 9.98. The molecular formula is C27H26ClN3O4. The molecule has 2 amide bonds.